The van der Waals surface area contributed by atoms with Gasteiger partial charge in [0.2, 0.25) is 0 Å². The van der Waals surface area contributed by atoms with Gasteiger partial charge in [-0.1, -0.05) is 0 Å². The van der Waals surface area contributed by atoms with Crippen LogP contribution in [-0.2, 0) is 26.6 Å². The molecule has 0 amide bonds. The summed E-state index contributed by atoms with van der Waals surface area (Å²) in [6, 6.07) is 0. The van der Waals surface area contributed by atoms with E-state index in [0.29, 0.717) is 39.6 Å². The molecule has 0 heterocycles. The van der Waals surface area contributed by atoms with Gasteiger partial charge >= 0.3 is 17.6 Å². The minimum absolute atomic E-state index is 0.517. The maximum atomic E-state index is 5.80. The first-order valence-electron chi connectivity index (χ1n) is 8.11. The molecule has 0 aromatic heterocycles. The third-order valence-electron chi connectivity index (χ3n) is 2.56. The molecule has 0 aliphatic rings. The van der Waals surface area contributed by atoms with Crippen molar-refractivity contribution in [2.75, 3.05) is 39.6 Å². The fraction of sp³-hybridized carbons (Fsp3) is 0.857. The first kappa shape index (κ1) is 21.9. The average Bonchev–Trinajstić information content (AvgIpc) is 2.47. The molecule has 0 bridgehead atoms. The molecule has 8 heteroatoms. The van der Waals surface area contributed by atoms with Crippen LogP contribution < -0.4 is 0 Å². The molecule has 0 aliphatic carbocycles. The van der Waals surface area contributed by atoms with Gasteiger partial charge in [0.05, 0.1) is 0 Å². The predicted octanol–water partition coefficient (Wildman–Crippen LogP) is 2.72. The summed E-state index contributed by atoms with van der Waals surface area (Å²) in [6.45, 7) is 14.6. The van der Waals surface area contributed by atoms with E-state index in [4.69, 9.17) is 26.6 Å². The van der Waals surface area contributed by atoms with Gasteiger partial charge in [0.1, 0.15) is 0 Å². The number of hydrogen-bond acceptors (Lipinski definition) is 6. The zero-order valence-corrected chi connectivity index (χ0v) is 16.8. The van der Waals surface area contributed by atoms with Crippen molar-refractivity contribution in [3.05, 3.63) is 11.4 Å². The smallest absolute Gasteiger partial charge is 0.371 e. The molecule has 132 valence electrons. The van der Waals surface area contributed by atoms with Crippen molar-refractivity contribution in [2.45, 2.75) is 41.5 Å². The summed E-state index contributed by atoms with van der Waals surface area (Å²) in [5, 5.41) is 0. The molecule has 0 fully saturated rings. The van der Waals surface area contributed by atoms with Crippen LogP contribution in [-0.4, -0.2) is 57.3 Å². The molecule has 22 heavy (non-hydrogen) atoms. The van der Waals surface area contributed by atoms with Gasteiger partial charge in [0.25, 0.3) is 0 Å². The van der Waals surface area contributed by atoms with Crippen molar-refractivity contribution in [1.29, 1.82) is 0 Å². The summed E-state index contributed by atoms with van der Waals surface area (Å²) in [4.78, 5) is 0. The average molecular weight is 353 g/mol. The van der Waals surface area contributed by atoms with Crippen molar-refractivity contribution in [3.8, 4) is 0 Å². The van der Waals surface area contributed by atoms with Crippen LogP contribution in [0.25, 0.3) is 0 Å². The van der Waals surface area contributed by atoms with Crippen LogP contribution in [0.15, 0.2) is 11.4 Å². The maximum absolute atomic E-state index is 5.80. The van der Waals surface area contributed by atoms with Gasteiger partial charge in [-0.2, -0.15) is 0 Å². The van der Waals surface area contributed by atoms with Crippen LogP contribution in [0, 0.1) is 0 Å². The van der Waals surface area contributed by atoms with E-state index in [2.05, 4.69) is 0 Å². The first-order valence-corrected chi connectivity index (χ1v) is 11.7. The zero-order chi connectivity index (χ0) is 16.9. The zero-order valence-electron chi connectivity index (χ0n) is 14.8. The second kappa shape index (κ2) is 12.4. The molecule has 0 aromatic rings. The highest BCUT2D eigenvalue weighted by atomic mass is 28.4. The van der Waals surface area contributed by atoms with Crippen LogP contribution in [0.4, 0.5) is 0 Å². The monoisotopic (exact) mass is 352 g/mol. The van der Waals surface area contributed by atoms with E-state index in [0.717, 1.165) is 0 Å². The Hall–Kier alpha value is -0.0662. The molecule has 0 spiro atoms. The summed E-state index contributed by atoms with van der Waals surface area (Å²) in [5.41, 5.74) is 3.69. The minimum Gasteiger partial charge on any atom is -0.371 e. The Morgan fingerprint density at radius 3 is 0.773 bits per heavy atom. The summed E-state index contributed by atoms with van der Waals surface area (Å²) in [7, 11) is -5.76. The Labute approximate surface area is 137 Å². The molecular weight excluding hydrogens is 320 g/mol. The number of rotatable bonds is 14. The Kier molecular flexibility index (Phi) is 12.3. The van der Waals surface area contributed by atoms with Gasteiger partial charge in [-0.15, -0.1) is 0 Å². The fourth-order valence-electron chi connectivity index (χ4n) is 1.95. The van der Waals surface area contributed by atoms with E-state index >= 15 is 0 Å². The van der Waals surface area contributed by atoms with E-state index in [1.165, 1.54) is 0 Å². The van der Waals surface area contributed by atoms with E-state index in [1.807, 2.05) is 52.9 Å². The Balaban J connectivity index is 5.40. The molecule has 0 saturated carbocycles. The van der Waals surface area contributed by atoms with E-state index in [1.54, 1.807) is 0 Å². The summed E-state index contributed by atoms with van der Waals surface area (Å²) >= 11 is 0. The quantitative estimate of drug-likeness (QED) is 0.448. The second-order valence-corrected chi connectivity index (χ2v) is 8.95. The molecule has 0 saturated heterocycles. The lowest BCUT2D eigenvalue weighted by Gasteiger charge is -2.28. The van der Waals surface area contributed by atoms with Crippen molar-refractivity contribution >= 4 is 17.6 Å². The van der Waals surface area contributed by atoms with Crippen molar-refractivity contribution in [1.82, 2.24) is 0 Å². The highest BCUT2D eigenvalue weighted by Crippen LogP contribution is 2.17. The van der Waals surface area contributed by atoms with Gasteiger partial charge in [-0.3, -0.25) is 0 Å². The second-order valence-electron chi connectivity index (χ2n) is 4.14. The molecule has 0 N–H and O–H groups in total. The predicted molar refractivity (Wildman–Crippen MR) is 90.4 cm³/mol. The lowest BCUT2D eigenvalue weighted by Crippen LogP contribution is -2.48. The SMILES string of the molecule is CCO[Si](/C=C\[Si](OCC)(OCC)OCC)(OCC)OCC. The Bertz CT molecular complexity index is 239. The largest absolute Gasteiger partial charge is 0.529 e. The Morgan fingerprint density at radius 2 is 0.636 bits per heavy atom. The van der Waals surface area contributed by atoms with E-state index in [9.17, 15) is 0 Å². The molecule has 0 rings (SSSR count). The van der Waals surface area contributed by atoms with Gasteiger partial charge < -0.3 is 26.6 Å². The fourth-order valence-corrected chi connectivity index (χ4v) is 7.07. The normalized spacial score (nSPS) is 13.2. The van der Waals surface area contributed by atoms with Gasteiger partial charge in [-0.05, 0) is 52.9 Å². The highest BCUT2D eigenvalue weighted by Gasteiger charge is 2.43. The lowest BCUT2D eigenvalue weighted by atomic mass is 10.9. The molecule has 6 nitrogen and oxygen atoms in total. The number of hydrogen-bond donors (Lipinski definition) is 0. The van der Waals surface area contributed by atoms with Crippen LogP contribution in [0.2, 0.25) is 0 Å². The van der Waals surface area contributed by atoms with Gasteiger partial charge in [-0.25, -0.2) is 0 Å². The molecule has 0 radical (unpaired) electrons. The third-order valence-corrected chi connectivity index (χ3v) is 8.19. The summed E-state index contributed by atoms with van der Waals surface area (Å²) < 4.78 is 34.8. The molecule has 0 aliphatic heterocycles. The van der Waals surface area contributed by atoms with Crippen molar-refractivity contribution < 1.29 is 26.6 Å². The van der Waals surface area contributed by atoms with Crippen LogP contribution >= 0.6 is 0 Å². The Morgan fingerprint density at radius 1 is 0.455 bits per heavy atom. The third kappa shape index (κ3) is 7.47. The maximum Gasteiger partial charge on any atom is 0.529 e. The highest BCUT2D eigenvalue weighted by molar-refractivity contribution is 6.72. The summed E-state index contributed by atoms with van der Waals surface area (Å²) in [6.07, 6.45) is 0. The standard InChI is InChI=1S/C14H32O6Si2/c1-7-15-21(16-8-2,17-9-3)13-14-22(18-10-4,19-11-5)20-12-6/h13-14H,7-12H2,1-6H3/b14-13-. The van der Waals surface area contributed by atoms with Gasteiger partial charge in [0.15, 0.2) is 0 Å². The summed E-state index contributed by atoms with van der Waals surface area (Å²) in [5.74, 6) is 0. The van der Waals surface area contributed by atoms with E-state index < -0.39 is 17.6 Å². The molecule has 0 atom stereocenters. The first-order chi connectivity index (χ1) is 10.6. The van der Waals surface area contributed by atoms with E-state index in [-0.39, 0.29) is 0 Å². The molecule has 0 aromatic carbocycles. The van der Waals surface area contributed by atoms with Gasteiger partial charge in [0, 0.05) is 39.6 Å². The van der Waals surface area contributed by atoms with Crippen LogP contribution in [0.3, 0.4) is 0 Å². The topological polar surface area (TPSA) is 55.4 Å². The van der Waals surface area contributed by atoms with Crippen molar-refractivity contribution in [3.63, 3.8) is 0 Å². The van der Waals surface area contributed by atoms with Crippen molar-refractivity contribution in [2.24, 2.45) is 0 Å². The lowest BCUT2D eigenvalue weighted by molar-refractivity contribution is 0.0787. The molecule has 0 unspecified atom stereocenters. The molecular formula is C14H32O6Si2. The van der Waals surface area contributed by atoms with Crippen LogP contribution in [0.5, 0.6) is 0 Å². The van der Waals surface area contributed by atoms with Crippen LogP contribution in [0.1, 0.15) is 41.5 Å². The minimum atomic E-state index is -2.88.